The van der Waals surface area contributed by atoms with Crippen molar-refractivity contribution in [2.24, 2.45) is 0 Å². The Labute approximate surface area is 85.5 Å². The molecule has 0 amide bonds. The van der Waals surface area contributed by atoms with Crippen LogP contribution in [0.3, 0.4) is 0 Å². The molecule has 0 aliphatic rings. The lowest BCUT2D eigenvalue weighted by molar-refractivity contribution is 1.17. The van der Waals surface area contributed by atoms with E-state index in [2.05, 4.69) is 9.97 Å². The predicted octanol–water partition coefficient (Wildman–Crippen LogP) is 1.46. The molecule has 15 heavy (non-hydrogen) atoms. The van der Waals surface area contributed by atoms with Crippen molar-refractivity contribution in [3.8, 4) is 6.07 Å². The Morgan fingerprint density at radius 2 is 2.33 bits per heavy atom. The Bertz CT molecular complexity index is 620. The second-order valence-corrected chi connectivity index (χ2v) is 2.97. The highest BCUT2D eigenvalue weighted by Crippen LogP contribution is 2.10. The summed E-state index contributed by atoms with van der Waals surface area (Å²) in [6.45, 7) is 0. The van der Waals surface area contributed by atoms with Crippen molar-refractivity contribution in [2.45, 2.75) is 0 Å². The van der Waals surface area contributed by atoms with Gasteiger partial charge in [-0.2, -0.15) is 5.26 Å². The van der Waals surface area contributed by atoms with E-state index in [1.807, 2.05) is 6.07 Å². The number of rotatable bonds is 1. The Morgan fingerprint density at radius 3 is 3.13 bits per heavy atom. The molecule has 0 radical (unpaired) electrons. The van der Waals surface area contributed by atoms with Crippen LogP contribution in [0.4, 0.5) is 0 Å². The summed E-state index contributed by atoms with van der Waals surface area (Å²) in [6, 6.07) is 7.13. The third-order valence-corrected chi connectivity index (χ3v) is 2.02. The molecule has 1 aromatic heterocycles. The number of nitrogens with zero attached hydrogens (tertiary/aromatic N) is 2. The fourth-order valence-electron chi connectivity index (χ4n) is 1.32. The molecule has 2 aromatic rings. The summed E-state index contributed by atoms with van der Waals surface area (Å²) in [5.74, 6) is 0. The first-order chi connectivity index (χ1) is 7.31. The normalized spacial score (nSPS) is 10.6. The summed E-state index contributed by atoms with van der Waals surface area (Å²) < 4.78 is 0. The van der Waals surface area contributed by atoms with Crippen LogP contribution in [0.25, 0.3) is 17.0 Å². The molecule has 0 saturated heterocycles. The Kier molecular flexibility index (Phi) is 2.30. The fourth-order valence-corrected chi connectivity index (χ4v) is 1.32. The molecule has 0 spiro atoms. The first-order valence-electron chi connectivity index (χ1n) is 4.35. The second kappa shape index (κ2) is 3.76. The molecule has 4 heteroatoms. The Hall–Kier alpha value is -2.41. The summed E-state index contributed by atoms with van der Waals surface area (Å²) in [6.07, 6.45) is 4.42. The van der Waals surface area contributed by atoms with E-state index < -0.39 is 0 Å². The van der Waals surface area contributed by atoms with Crippen molar-refractivity contribution in [2.75, 3.05) is 0 Å². The van der Waals surface area contributed by atoms with Gasteiger partial charge < -0.3 is 4.98 Å². The van der Waals surface area contributed by atoms with Gasteiger partial charge in [0, 0.05) is 6.08 Å². The summed E-state index contributed by atoms with van der Waals surface area (Å²) in [7, 11) is 0. The molecule has 1 N–H and O–H groups in total. The van der Waals surface area contributed by atoms with Crippen LogP contribution in [-0.2, 0) is 0 Å². The molecular weight excluding hydrogens is 190 g/mol. The van der Waals surface area contributed by atoms with Gasteiger partial charge in [0.05, 0.1) is 23.3 Å². The van der Waals surface area contributed by atoms with Crippen molar-refractivity contribution >= 4 is 17.0 Å². The minimum atomic E-state index is -0.157. The lowest BCUT2D eigenvalue weighted by Gasteiger charge is -1.96. The zero-order valence-corrected chi connectivity index (χ0v) is 7.77. The maximum atomic E-state index is 11.3. The number of H-pyrrole nitrogens is 1. The highest BCUT2D eigenvalue weighted by atomic mass is 16.1. The van der Waals surface area contributed by atoms with E-state index in [1.54, 1.807) is 24.3 Å². The molecule has 0 aliphatic carbocycles. The van der Waals surface area contributed by atoms with Gasteiger partial charge in [0.15, 0.2) is 0 Å². The van der Waals surface area contributed by atoms with Gasteiger partial charge in [0.25, 0.3) is 5.56 Å². The smallest absolute Gasteiger partial charge is 0.258 e. The average Bonchev–Trinajstić information content (AvgIpc) is 2.26. The zero-order valence-electron chi connectivity index (χ0n) is 7.77. The van der Waals surface area contributed by atoms with Crippen molar-refractivity contribution in [1.82, 2.24) is 9.97 Å². The highest BCUT2D eigenvalue weighted by molar-refractivity contribution is 5.80. The number of hydrogen-bond donors (Lipinski definition) is 1. The quantitative estimate of drug-likeness (QED) is 0.703. The SMILES string of the molecule is N#CC=Cc1ccc2c(=O)[nH]cnc2c1. The van der Waals surface area contributed by atoms with E-state index in [4.69, 9.17) is 5.26 Å². The number of benzene rings is 1. The average molecular weight is 197 g/mol. The molecule has 72 valence electrons. The predicted molar refractivity (Wildman–Crippen MR) is 57.0 cm³/mol. The van der Waals surface area contributed by atoms with Crippen molar-refractivity contribution in [3.63, 3.8) is 0 Å². The van der Waals surface area contributed by atoms with Crippen LogP contribution in [0.5, 0.6) is 0 Å². The topological polar surface area (TPSA) is 69.5 Å². The van der Waals surface area contributed by atoms with Crippen LogP contribution in [0.2, 0.25) is 0 Å². The third-order valence-electron chi connectivity index (χ3n) is 2.02. The number of hydrogen-bond acceptors (Lipinski definition) is 3. The van der Waals surface area contributed by atoms with E-state index in [0.717, 1.165) is 5.56 Å². The number of nitrogens with one attached hydrogen (secondary N) is 1. The molecule has 4 nitrogen and oxygen atoms in total. The van der Waals surface area contributed by atoms with Gasteiger partial charge in [0.2, 0.25) is 0 Å². The molecular formula is C11H7N3O. The maximum absolute atomic E-state index is 11.3. The van der Waals surface area contributed by atoms with Gasteiger partial charge in [-0.25, -0.2) is 4.98 Å². The first-order valence-corrected chi connectivity index (χ1v) is 4.35. The number of aromatic nitrogens is 2. The molecule has 1 aromatic carbocycles. The van der Waals surface area contributed by atoms with Gasteiger partial charge in [0.1, 0.15) is 0 Å². The lowest BCUT2D eigenvalue weighted by Crippen LogP contribution is -2.05. The molecule has 0 bridgehead atoms. The zero-order chi connectivity index (χ0) is 10.7. The van der Waals surface area contributed by atoms with Gasteiger partial charge in [-0.05, 0) is 23.8 Å². The molecule has 0 atom stereocenters. The molecule has 0 unspecified atom stereocenters. The number of fused-ring (bicyclic) bond motifs is 1. The number of aromatic amines is 1. The summed E-state index contributed by atoms with van der Waals surface area (Å²) in [4.78, 5) is 17.9. The third kappa shape index (κ3) is 1.76. The minimum absolute atomic E-state index is 0.157. The largest absolute Gasteiger partial charge is 0.313 e. The van der Waals surface area contributed by atoms with E-state index in [9.17, 15) is 4.79 Å². The van der Waals surface area contributed by atoms with Crippen LogP contribution in [0.1, 0.15) is 5.56 Å². The number of allylic oxidation sites excluding steroid dienone is 1. The van der Waals surface area contributed by atoms with Gasteiger partial charge >= 0.3 is 0 Å². The van der Waals surface area contributed by atoms with Crippen LogP contribution >= 0.6 is 0 Å². The van der Waals surface area contributed by atoms with Crippen LogP contribution in [0.15, 0.2) is 35.4 Å². The van der Waals surface area contributed by atoms with Crippen molar-refractivity contribution in [1.29, 1.82) is 5.26 Å². The minimum Gasteiger partial charge on any atom is -0.313 e. The van der Waals surface area contributed by atoms with E-state index >= 15 is 0 Å². The molecule has 2 rings (SSSR count). The number of nitriles is 1. The second-order valence-electron chi connectivity index (χ2n) is 2.97. The van der Waals surface area contributed by atoms with Crippen LogP contribution in [0, 0.1) is 11.3 Å². The van der Waals surface area contributed by atoms with Crippen molar-refractivity contribution < 1.29 is 0 Å². The summed E-state index contributed by atoms with van der Waals surface area (Å²) in [5.41, 5.74) is 1.32. The monoisotopic (exact) mass is 197 g/mol. The first kappa shape index (κ1) is 9.16. The molecule has 0 saturated carbocycles. The van der Waals surface area contributed by atoms with E-state index in [-0.39, 0.29) is 5.56 Å². The van der Waals surface area contributed by atoms with Gasteiger partial charge in [-0.1, -0.05) is 6.07 Å². The maximum Gasteiger partial charge on any atom is 0.258 e. The standard InChI is InChI=1S/C11H7N3O/c12-5-1-2-8-3-4-9-10(6-8)13-7-14-11(9)15/h1-4,6-7H,(H,13,14,15). The molecule has 0 aliphatic heterocycles. The van der Waals surface area contributed by atoms with Gasteiger partial charge in [-0.3, -0.25) is 4.79 Å². The lowest BCUT2D eigenvalue weighted by atomic mass is 10.1. The molecule has 0 fully saturated rings. The Morgan fingerprint density at radius 1 is 1.47 bits per heavy atom. The fraction of sp³-hybridized carbons (Fsp3) is 0. The van der Waals surface area contributed by atoms with E-state index in [0.29, 0.717) is 10.9 Å². The van der Waals surface area contributed by atoms with Crippen LogP contribution in [-0.4, -0.2) is 9.97 Å². The van der Waals surface area contributed by atoms with Gasteiger partial charge in [-0.15, -0.1) is 0 Å². The van der Waals surface area contributed by atoms with Crippen molar-refractivity contribution in [3.05, 3.63) is 46.5 Å². The Balaban J connectivity index is 2.63. The molecule has 1 heterocycles. The summed E-state index contributed by atoms with van der Waals surface area (Å²) in [5, 5.41) is 8.93. The van der Waals surface area contributed by atoms with Crippen LogP contribution < -0.4 is 5.56 Å². The highest BCUT2D eigenvalue weighted by Gasteiger charge is 1.98. The summed E-state index contributed by atoms with van der Waals surface area (Å²) >= 11 is 0. The van der Waals surface area contributed by atoms with E-state index in [1.165, 1.54) is 12.4 Å².